The number of nitrogens with two attached hydrogens (primary N) is 1. The van der Waals surface area contributed by atoms with Crippen LogP contribution in [0.3, 0.4) is 0 Å². The molecule has 2 N–H and O–H groups in total. The average Bonchev–Trinajstić information content (AvgIpc) is 2.37. The van der Waals surface area contributed by atoms with Crippen molar-refractivity contribution < 1.29 is 13.2 Å². The zero-order valence-electron chi connectivity index (χ0n) is 11.2. The third-order valence-electron chi connectivity index (χ3n) is 3.02. The molecule has 0 unspecified atom stereocenters. The minimum absolute atomic E-state index is 0.102. The lowest BCUT2D eigenvalue weighted by Crippen LogP contribution is -2.10. The van der Waals surface area contributed by atoms with Crippen LogP contribution in [0.4, 0.5) is 24.5 Å². The number of halogens is 3. The van der Waals surface area contributed by atoms with Crippen LogP contribution in [0.5, 0.6) is 0 Å². The van der Waals surface area contributed by atoms with Crippen molar-refractivity contribution in [1.82, 2.24) is 0 Å². The fraction of sp³-hybridized carbons (Fsp3) is 0.200. The highest BCUT2D eigenvalue weighted by atomic mass is 19.4. The van der Waals surface area contributed by atoms with E-state index in [0.29, 0.717) is 5.56 Å². The van der Waals surface area contributed by atoms with E-state index in [1.807, 2.05) is 25.1 Å². The van der Waals surface area contributed by atoms with Crippen molar-refractivity contribution in [1.29, 1.82) is 0 Å². The van der Waals surface area contributed by atoms with E-state index in [2.05, 4.69) is 0 Å². The Morgan fingerprint density at radius 2 is 1.70 bits per heavy atom. The van der Waals surface area contributed by atoms with Crippen molar-refractivity contribution in [2.24, 2.45) is 0 Å². The van der Waals surface area contributed by atoms with E-state index in [9.17, 15) is 13.2 Å². The standard InChI is InChI=1S/C15H15F3N2/c1-20(2)12-5-3-4-10(8-12)13-7-6-11(19)9-14(13)15(16,17)18/h3-9H,19H2,1-2H3. The number of rotatable bonds is 2. The highest BCUT2D eigenvalue weighted by molar-refractivity contribution is 5.73. The van der Waals surface area contributed by atoms with Gasteiger partial charge in [0.25, 0.3) is 0 Å². The molecule has 2 nitrogen and oxygen atoms in total. The Morgan fingerprint density at radius 1 is 1.00 bits per heavy atom. The minimum atomic E-state index is -4.43. The third kappa shape index (κ3) is 2.87. The van der Waals surface area contributed by atoms with Gasteiger partial charge in [0.2, 0.25) is 0 Å². The summed E-state index contributed by atoms with van der Waals surface area (Å²) in [6, 6.07) is 10.8. The highest BCUT2D eigenvalue weighted by Gasteiger charge is 2.33. The van der Waals surface area contributed by atoms with Gasteiger partial charge in [0, 0.05) is 25.5 Å². The normalized spacial score (nSPS) is 11.4. The second-order valence-corrected chi connectivity index (χ2v) is 4.75. The molecule has 0 saturated heterocycles. The van der Waals surface area contributed by atoms with E-state index in [1.165, 1.54) is 12.1 Å². The number of hydrogen-bond acceptors (Lipinski definition) is 2. The SMILES string of the molecule is CN(C)c1cccc(-c2ccc(N)cc2C(F)(F)F)c1. The van der Waals surface area contributed by atoms with Gasteiger partial charge in [-0.25, -0.2) is 0 Å². The van der Waals surface area contributed by atoms with Crippen molar-refractivity contribution in [2.45, 2.75) is 6.18 Å². The van der Waals surface area contributed by atoms with Gasteiger partial charge in [-0.1, -0.05) is 18.2 Å². The van der Waals surface area contributed by atoms with Crippen molar-refractivity contribution >= 4 is 11.4 Å². The van der Waals surface area contributed by atoms with Gasteiger partial charge >= 0.3 is 6.18 Å². The topological polar surface area (TPSA) is 29.3 Å². The zero-order chi connectivity index (χ0) is 14.9. The molecule has 0 spiro atoms. The fourth-order valence-electron chi connectivity index (χ4n) is 2.00. The van der Waals surface area contributed by atoms with E-state index >= 15 is 0 Å². The van der Waals surface area contributed by atoms with Crippen LogP contribution < -0.4 is 10.6 Å². The lowest BCUT2D eigenvalue weighted by atomic mass is 9.98. The summed E-state index contributed by atoms with van der Waals surface area (Å²) >= 11 is 0. The van der Waals surface area contributed by atoms with E-state index in [-0.39, 0.29) is 11.3 Å². The first-order valence-corrected chi connectivity index (χ1v) is 6.03. The summed E-state index contributed by atoms with van der Waals surface area (Å²) in [5, 5.41) is 0. The number of anilines is 2. The van der Waals surface area contributed by atoms with Crippen LogP contribution in [-0.4, -0.2) is 14.1 Å². The highest BCUT2D eigenvalue weighted by Crippen LogP contribution is 2.38. The molecule has 0 aliphatic carbocycles. The van der Waals surface area contributed by atoms with Gasteiger partial charge in [-0.15, -0.1) is 0 Å². The van der Waals surface area contributed by atoms with Gasteiger partial charge < -0.3 is 10.6 Å². The van der Waals surface area contributed by atoms with Crippen molar-refractivity contribution in [3.63, 3.8) is 0 Å². The second kappa shape index (κ2) is 5.07. The fourth-order valence-corrected chi connectivity index (χ4v) is 2.00. The molecule has 0 amide bonds. The van der Waals surface area contributed by atoms with Crippen molar-refractivity contribution in [2.75, 3.05) is 24.7 Å². The van der Waals surface area contributed by atoms with Gasteiger partial charge in [-0.2, -0.15) is 13.2 Å². The second-order valence-electron chi connectivity index (χ2n) is 4.75. The van der Waals surface area contributed by atoms with Crippen LogP contribution in [0, 0.1) is 0 Å². The molecule has 0 saturated carbocycles. The molecule has 2 rings (SSSR count). The maximum absolute atomic E-state index is 13.1. The largest absolute Gasteiger partial charge is 0.417 e. The Bertz CT molecular complexity index is 619. The predicted octanol–water partition coefficient (Wildman–Crippen LogP) is 4.02. The number of nitrogen functional groups attached to an aromatic ring is 1. The minimum Gasteiger partial charge on any atom is -0.399 e. The van der Waals surface area contributed by atoms with Crippen LogP contribution in [0.1, 0.15) is 5.56 Å². The van der Waals surface area contributed by atoms with Gasteiger partial charge in [-0.05, 0) is 35.4 Å². The van der Waals surface area contributed by atoms with E-state index < -0.39 is 11.7 Å². The number of benzene rings is 2. The number of hydrogen-bond donors (Lipinski definition) is 1. The number of nitrogens with zero attached hydrogens (tertiary/aromatic N) is 1. The van der Waals surface area contributed by atoms with Gasteiger partial charge in [0.1, 0.15) is 0 Å². The van der Waals surface area contributed by atoms with Crippen LogP contribution in [-0.2, 0) is 6.18 Å². The Labute approximate surface area is 115 Å². The molecule has 0 radical (unpaired) electrons. The Hall–Kier alpha value is -2.17. The monoisotopic (exact) mass is 280 g/mol. The van der Waals surface area contributed by atoms with Crippen LogP contribution in [0.15, 0.2) is 42.5 Å². The van der Waals surface area contributed by atoms with Crippen LogP contribution in [0.25, 0.3) is 11.1 Å². The molecule has 0 aliphatic rings. The third-order valence-corrected chi connectivity index (χ3v) is 3.02. The molecule has 106 valence electrons. The molecule has 0 fully saturated rings. The predicted molar refractivity (Wildman–Crippen MR) is 75.6 cm³/mol. The summed E-state index contributed by atoms with van der Waals surface area (Å²) in [6.45, 7) is 0. The molecule has 0 bridgehead atoms. The summed E-state index contributed by atoms with van der Waals surface area (Å²) in [6.07, 6.45) is -4.43. The smallest absolute Gasteiger partial charge is 0.399 e. The lowest BCUT2D eigenvalue weighted by molar-refractivity contribution is -0.137. The Morgan fingerprint density at radius 3 is 2.30 bits per heavy atom. The van der Waals surface area contributed by atoms with Gasteiger partial charge in [0.15, 0.2) is 0 Å². The van der Waals surface area contributed by atoms with Gasteiger partial charge in [-0.3, -0.25) is 0 Å². The Kier molecular flexibility index (Phi) is 3.61. The van der Waals surface area contributed by atoms with Crippen LogP contribution in [0.2, 0.25) is 0 Å². The zero-order valence-corrected chi connectivity index (χ0v) is 11.2. The van der Waals surface area contributed by atoms with Gasteiger partial charge in [0.05, 0.1) is 5.56 Å². The maximum atomic E-state index is 13.1. The first-order valence-electron chi connectivity index (χ1n) is 6.03. The summed E-state index contributed by atoms with van der Waals surface area (Å²) in [5.41, 5.74) is 6.35. The van der Waals surface area contributed by atoms with Crippen LogP contribution >= 0.6 is 0 Å². The van der Waals surface area contributed by atoms with Crippen molar-refractivity contribution in [3.8, 4) is 11.1 Å². The molecule has 2 aromatic carbocycles. The summed E-state index contributed by atoms with van der Waals surface area (Å²) < 4.78 is 39.3. The first-order chi connectivity index (χ1) is 9.29. The molecule has 0 heterocycles. The molecule has 20 heavy (non-hydrogen) atoms. The lowest BCUT2D eigenvalue weighted by Gasteiger charge is -2.17. The maximum Gasteiger partial charge on any atom is 0.417 e. The number of alkyl halides is 3. The molecule has 2 aromatic rings. The Balaban J connectivity index is 2.61. The average molecular weight is 280 g/mol. The summed E-state index contributed by atoms with van der Waals surface area (Å²) in [4.78, 5) is 1.84. The first kappa shape index (κ1) is 14.2. The quantitative estimate of drug-likeness (QED) is 0.842. The molecule has 0 atom stereocenters. The molecular weight excluding hydrogens is 265 g/mol. The molecule has 0 aromatic heterocycles. The summed E-state index contributed by atoms with van der Waals surface area (Å²) in [5.74, 6) is 0. The molecule has 0 aliphatic heterocycles. The van der Waals surface area contributed by atoms with E-state index in [0.717, 1.165) is 11.8 Å². The molecule has 5 heteroatoms. The van der Waals surface area contributed by atoms with Crippen molar-refractivity contribution in [3.05, 3.63) is 48.0 Å². The van der Waals surface area contributed by atoms with E-state index in [1.54, 1.807) is 18.2 Å². The molecular formula is C15H15F3N2. The van der Waals surface area contributed by atoms with E-state index in [4.69, 9.17) is 5.73 Å². The summed E-state index contributed by atoms with van der Waals surface area (Å²) in [7, 11) is 3.68.